The summed E-state index contributed by atoms with van der Waals surface area (Å²) < 4.78 is 193. The van der Waals surface area contributed by atoms with Crippen molar-refractivity contribution in [2.75, 3.05) is 0 Å². The number of carbonyl (C=O) groups is 1. The van der Waals surface area contributed by atoms with Crippen LogP contribution in [0.15, 0.2) is 12.5 Å². The van der Waals surface area contributed by atoms with Crippen LogP contribution in [0.3, 0.4) is 0 Å². The molecule has 0 aromatic heterocycles. The molecule has 0 rings (SSSR count). The van der Waals surface area contributed by atoms with Crippen LogP contribution in [0.25, 0.3) is 0 Å². The van der Waals surface area contributed by atoms with Crippen LogP contribution in [-0.2, 0) is 23.7 Å². The van der Waals surface area contributed by atoms with Gasteiger partial charge in [-0.25, -0.2) is 9.47 Å². The summed E-state index contributed by atoms with van der Waals surface area (Å²) in [5, 5.41) is 0. The Morgan fingerprint density at radius 1 is 0.567 bits per heavy atom. The highest BCUT2D eigenvalue weighted by Gasteiger charge is 2.72. The van der Waals surface area contributed by atoms with Gasteiger partial charge in [-0.05, 0) is 6.58 Å². The summed E-state index contributed by atoms with van der Waals surface area (Å²) in [4.78, 5) is 9.83. The molecule has 0 atom stereocenters. The molecule has 180 valence electrons. The molecule has 0 N–H and O–H groups in total. The summed E-state index contributed by atoms with van der Waals surface area (Å²) in [5.74, 6) is -8.02. The highest BCUT2D eigenvalue weighted by atomic mass is 19.4. The molecule has 0 aromatic rings. The molecule has 0 spiro atoms. The zero-order valence-electron chi connectivity index (χ0n) is 12.8. The Morgan fingerprint density at radius 3 is 0.967 bits per heavy atom. The van der Waals surface area contributed by atoms with E-state index in [1.165, 1.54) is 0 Å². The Morgan fingerprint density at radius 2 is 0.833 bits per heavy atom. The Balaban J connectivity index is 0. The predicted octanol–water partition coefficient (Wildman–Crippen LogP) is 5.34. The van der Waals surface area contributed by atoms with Crippen LogP contribution >= 0.6 is 0 Å². The van der Waals surface area contributed by atoms with E-state index in [-0.39, 0.29) is 0 Å². The lowest BCUT2D eigenvalue weighted by atomic mass is 10.3. The molecule has 5 nitrogen and oxygen atoms in total. The van der Waals surface area contributed by atoms with E-state index in [0.717, 1.165) is 0 Å². The molecule has 0 unspecified atom stereocenters. The molecular weight excluding hydrogens is 492 g/mol. The molecular formula is C9H2F16O5. The van der Waals surface area contributed by atoms with Gasteiger partial charge in [-0.2, -0.15) is 17.6 Å². The largest absolute Gasteiger partial charge is 0.575 e. The fourth-order valence-corrected chi connectivity index (χ4v) is 0.933. The molecule has 21 heteroatoms. The van der Waals surface area contributed by atoms with Crippen molar-refractivity contribution >= 4 is 6.04 Å². The minimum atomic E-state index is -6.76. The number of ether oxygens (including phenoxy) is 4. The summed E-state index contributed by atoms with van der Waals surface area (Å²) in [6.07, 6.45) is -30.1. The Bertz CT molecular complexity index is 544. The highest BCUT2D eigenvalue weighted by Crippen LogP contribution is 2.43. The normalized spacial score (nSPS) is 13.9. The summed E-state index contributed by atoms with van der Waals surface area (Å²) >= 11 is 0. The Labute approximate surface area is 151 Å². The lowest BCUT2D eigenvalue weighted by Gasteiger charge is -2.31. The molecule has 0 fully saturated rings. The van der Waals surface area contributed by atoms with E-state index in [9.17, 15) is 75.0 Å². The number of rotatable bonds is 5. The maximum Gasteiger partial charge on any atom is 0.575 e. The molecule has 0 aliphatic carbocycles. The van der Waals surface area contributed by atoms with E-state index in [2.05, 4.69) is 16.1 Å². The maximum atomic E-state index is 12.0. The van der Waals surface area contributed by atoms with Crippen molar-refractivity contribution in [1.29, 1.82) is 0 Å². The molecule has 0 saturated heterocycles. The Kier molecular flexibility index (Phi) is 9.31. The molecule has 0 radical (unpaired) electrons. The molecule has 0 aliphatic rings. The number of carbonyl (C=O) groups excluding carboxylic acids is 1. The van der Waals surface area contributed by atoms with Gasteiger partial charge in [-0.15, -0.1) is 52.7 Å². The second kappa shape index (κ2) is 9.31. The van der Waals surface area contributed by atoms with Crippen LogP contribution in [0.5, 0.6) is 0 Å². The van der Waals surface area contributed by atoms with Crippen molar-refractivity contribution in [3.05, 3.63) is 12.5 Å². The van der Waals surface area contributed by atoms with Crippen molar-refractivity contribution in [2.45, 2.75) is 37.4 Å². The van der Waals surface area contributed by atoms with Crippen LogP contribution in [0.2, 0.25) is 0 Å². The van der Waals surface area contributed by atoms with Gasteiger partial charge in [0.2, 0.25) is 0 Å². The summed E-state index contributed by atoms with van der Waals surface area (Å²) in [6, 6.07) is -4.16. The van der Waals surface area contributed by atoms with Gasteiger partial charge in [0.05, 0.1) is 0 Å². The van der Waals surface area contributed by atoms with Gasteiger partial charge < -0.3 is 9.47 Å². The smallest absolute Gasteiger partial charge is 0.373 e. The second-order valence-electron chi connectivity index (χ2n) is 3.95. The zero-order chi connectivity index (χ0) is 25.0. The van der Waals surface area contributed by atoms with Gasteiger partial charge in [0.1, 0.15) is 0 Å². The van der Waals surface area contributed by atoms with Crippen LogP contribution in [-0.4, -0.2) is 43.4 Å². The highest BCUT2D eigenvalue weighted by molar-refractivity contribution is 5.77. The lowest BCUT2D eigenvalue weighted by molar-refractivity contribution is -0.511. The SMILES string of the molecule is C=C(OC(F)(F)F)OC(F)(F)F.O=C(F)C(OC(F)(F)F)(OC(F)(F)F)C(F)(F)F. The Hall–Kier alpha value is -2.19. The quantitative estimate of drug-likeness (QED) is 0.224. The molecule has 0 saturated carbocycles. The minimum absolute atomic E-state index is 1.84. The first kappa shape index (κ1) is 30.0. The molecule has 0 heterocycles. The third-order valence-electron chi connectivity index (χ3n) is 1.61. The summed E-state index contributed by atoms with van der Waals surface area (Å²) in [6.45, 7) is 2.24. The van der Waals surface area contributed by atoms with Gasteiger partial charge >= 0.3 is 43.4 Å². The van der Waals surface area contributed by atoms with Gasteiger partial charge in [-0.1, -0.05) is 0 Å². The van der Waals surface area contributed by atoms with Gasteiger partial charge in [0, 0.05) is 0 Å². The van der Waals surface area contributed by atoms with E-state index < -0.39 is 49.4 Å². The standard InChI is InChI=1S/C5F10O3.C4H2F6O2/c6-1(16)2(3(7,8)9,17-4(10,11)12)18-5(13,14)15;1-2(11-3(5,6)7)12-4(8,9)10/h;1H2. The lowest BCUT2D eigenvalue weighted by Crippen LogP contribution is -2.59. The van der Waals surface area contributed by atoms with E-state index in [0.29, 0.717) is 0 Å². The third kappa shape index (κ3) is 13.1. The minimum Gasteiger partial charge on any atom is -0.373 e. The van der Waals surface area contributed by atoms with Crippen molar-refractivity contribution in [1.82, 2.24) is 0 Å². The second-order valence-corrected chi connectivity index (χ2v) is 3.95. The van der Waals surface area contributed by atoms with Crippen LogP contribution < -0.4 is 0 Å². The van der Waals surface area contributed by atoms with Crippen LogP contribution in [0.1, 0.15) is 0 Å². The molecule has 0 aromatic carbocycles. The first-order chi connectivity index (χ1) is 12.7. The fourth-order valence-electron chi connectivity index (χ4n) is 0.933. The molecule has 0 aliphatic heterocycles. The van der Waals surface area contributed by atoms with Gasteiger partial charge in [0.15, 0.2) is 0 Å². The summed E-state index contributed by atoms with van der Waals surface area (Å²) in [5.41, 5.74) is 0. The average molecular weight is 494 g/mol. The predicted molar refractivity (Wildman–Crippen MR) is 52.6 cm³/mol. The van der Waals surface area contributed by atoms with Gasteiger partial charge in [-0.3, -0.25) is 4.79 Å². The fraction of sp³-hybridized carbons (Fsp3) is 0.667. The van der Waals surface area contributed by atoms with E-state index in [1.807, 2.05) is 9.47 Å². The first-order valence-corrected chi connectivity index (χ1v) is 5.71. The van der Waals surface area contributed by atoms with E-state index in [4.69, 9.17) is 0 Å². The monoisotopic (exact) mass is 494 g/mol. The number of halogens is 16. The van der Waals surface area contributed by atoms with Crippen molar-refractivity contribution in [2.24, 2.45) is 0 Å². The van der Waals surface area contributed by atoms with Crippen molar-refractivity contribution in [3.8, 4) is 0 Å². The van der Waals surface area contributed by atoms with Crippen LogP contribution in [0.4, 0.5) is 70.2 Å². The molecule has 0 amide bonds. The van der Waals surface area contributed by atoms with E-state index in [1.54, 1.807) is 0 Å². The van der Waals surface area contributed by atoms with Crippen LogP contribution in [0, 0.1) is 0 Å². The van der Waals surface area contributed by atoms with E-state index >= 15 is 0 Å². The zero-order valence-corrected chi connectivity index (χ0v) is 12.8. The molecule has 0 bridgehead atoms. The maximum absolute atomic E-state index is 12.0. The first-order valence-electron chi connectivity index (χ1n) is 5.71. The number of alkyl halides is 15. The van der Waals surface area contributed by atoms with Crippen molar-refractivity contribution < 1.29 is 94.0 Å². The molecule has 30 heavy (non-hydrogen) atoms. The van der Waals surface area contributed by atoms with Gasteiger partial charge in [0.25, 0.3) is 5.95 Å². The topological polar surface area (TPSA) is 54.0 Å². The third-order valence-corrected chi connectivity index (χ3v) is 1.61. The summed E-state index contributed by atoms with van der Waals surface area (Å²) in [7, 11) is 0. The average Bonchev–Trinajstić information content (AvgIpc) is 2.27. The number of hydrogen-bond donors (Lipinski definition) is 0. The number of hydrogen-bond acceptors (Lipinski definition) is 5. The van der Waals surface area contributed by atoms with Crippen molar-refractivity contribution in [3.63, 3.8) is 0 Å².